The summed E-state index contributed by atoms with van der Waals surface area (Å²) in [6.07, 6.45) is 3.88. The number of carbonyl (C=O) groups excluding carboxylic acids is 3. The lowest BCUT2D eigenvalue weighted by Crippen LogP contribution is -2.55. The van der Waals surface area contributed by atoms with Crippen LogP contribution in [0.4, 0.5) is 4.79 Å². The summed E-state index contributed by atoms with van der Waals surface area (Å²) in [5, 5.41) is 2.78. The minimum Gasteiger partial charge on any atom is -0.467 e. The first-order valence-corrected chi connectivity index (χ1v) is 13.1. The number of methoxy groups -OCH3 is 1. The molecule has 39 heavy (non-hydrogen) atoms. The molecule has 202 valence electrons. The van der Waals surface area contributed by atoms with Crippen molar-refractivity contribution in [3.05, 3.63) is 120 Å². The number of nitrogens with zero attached hydrogens (tertiary/aromatic N) is 1. The summed E-state index contributed by atoms with van der Waals surface area (Å²) in [7, 11) is 1.33. The van der Waals surface area contributed by atoms with E-state index in [-0.39, 0.29) is 30.9 Å². The molecule has 0 radical (unpaired) electrons. The molecule has 2 amide bonds. The maximum absolute atomic E-state index is 14.3. The Balaban J connectivity index is 1.63. The van der Waals surface area contributed by atoms with Crippen LogP contribution in [-0.4, -0.2) is 48.1 Å². The van der Waals surface area contributed by atoms with Crippen LogP contribution in [0.3, 0.4) is 0 Å². The lowest BCUT2D eigenvalue weighted by Gasteiger charge is -2.32. The standard InChI is InChI=1S/C32H34N2O5/c1-3-13-26-21-27(25-18-11-6-12-19-25)29(31(36)38-2)34(26)30(35)28(20-23-14-7-4-8-15-23)33-32(37)39-22-24-16-9-5-10-17-24/h3-19,26-29H,20-22H2,1-2H3,(H,33,37)/b13-3+/t26-,27-,28+,29+/m1/s1. The van der Waals surface area contributed by atoms with Crippen molar-refractivity contribution in [3.8, 4) is 0 Å². The Morgan fingerprint density at radius 1 is 0.923 bits per heavy atom. The number of likely N-dealkylation sites (tertiary alicyclic amines) is 1. The number of esters is 1. The second-order valence-electron chi connectivity index (χ2n) is 9.51. The molecule has 7 nitrogen and oxygen atoms in total. The second-order valence-corrected chi connectivity index (χ2v) is 9.51. The number of allylic oxidation sites excluding steroid dienone is 1. The fraction of sp³-hybridized carbons (Fsp3) is 0.281. The Morgan fingerprint density at radius 3 is 2.10 bits per heavy atom. The third-order valence-corrected chi connectivity index (χ3v) is 6.96. The number of alkyl carbamates (subject to hydrolysis) is 1. The number of hydrogen-bond acceptors (Lipinski definition) is 5. The summed E-state index contributed by atoms with van der Waals surface area (Å²) in [4.78, 5) is 41.9. The monoisotopic (exact) mass is 526 g/mol. The van der Waals surface area contributed by atoms with Crippen molar-refractivity contribution < 1.29 is 23.9 Å². The first-order chi connectivity index (χ1) is 19.0. The number of amides is 2. The van der Waals surface area contributed by atoms with Gasteiger partial charge in [-0.2, -0.15) is 0 Å². The molecule has 3 aromatic rings. The summed E-state index contributed by atoms with van der Waals surface area (Å²) in [6, 6.07) is 26.3. The van der Waals surface area contributed by atoms with Crippen molar-refractivity contribution in [1.82, 2.24) is 10.2 Å². The van der Waals surface area contributed by atoms with Gasteiger partial charge in [-0.15, -0.1) is 0 Å². The van der Waals surface area contributed by atoms with E-state index in [0.717, 1.165) is 16.7 Å². The molecule has 0 aliphatic carbocycles. The van der Waals surface area contributed by atoms with Gasteiger partial charge in [-0.1, -0.05) is 103 Å². The highest BCUT2D eigenvalue weighted by atomic mass is 16.5. The molecule has 4 rings (SSSR count). The van der Waals surface area contributed by atoms with Gasteiger partial charge in [0.1, 0.15) is 18.7 Å². The average Bonchev–Trinajstić information content (AvgIpc) is 3.36. The number of nitrogens with one attached hydrogen (secondary N) is 1. The molecule has 1 aliphatic heterocycles. The third kappa shape index (κ3) is 6.93. The van der Waals surface area contributed by atoms with E-state index >= 15 is 0 Å². The van der Waals surface area contributed by atoms with Gasteiger partial charge in [-0.25, -0.2) is 9.59 Å². The van der Waals surface area contributed by atoms with Crippen LogP contribution in [-0.2, 0) is 32.1 Å². The summed E-state index contributed by atoms with van der Waals surface area (Å²) in [6.45, 7) is 1.96. The summed E-state index contributed by atoms with van der Waals surface area (Å²) in [5.41, 5.74) is 2.66. The minimum absolute atomic E-state index is 0.0741. The largest absolute Gasteiger partial charge is 0.467 e. The van der Waals surface area contributed by atoms with Crippen molar-refractivity contribution in [2.75, 3.05) is 7.11 Å². The van der Waals surface area contributed by atoms with Gasteiger partial charge in [-0.3, -0.25) is 4.79 Å². The normalized spacial score (nSPS) is 19.4. The molecule has 1 heterocycles. The zero-order chi connectivity index (χ0) is 27.6. The molecule has 0 spiro atoms. The molecule has 0 bridgehead atoms. The first kappa shape index (κ1) is 27.6. The molecule has 3 aromatic carbocycles. The average molecular weight is 527 g/mol. The zero-order valence-corrected chi connectivity index (χ0v) is 22.2. The van der Waals surface area contributed by atoms with Crippen molar-refractivity contribution in [1.29, 1.82) is 0 Å². The van der Waals surface area contributed by atoms with E-state index in [1.807, 2.05) is 110 Å². The number of ether oxygens (including phenoxy) is 2. The lowest BCUT2D eigenvalue weighted by atomic mass is 9.90. The number of hydrogen-bond donors (Lipinski definition) is 1. The van der Waals surface area contributed by atoms with Gasteiger partial charge in [0.15, 0.2) is 0 Å². The Labute approximate surface area is 229 Å². The van der Waals surface area contributed by atoms with Crippen LogP contribution in [0.1, 0.15) is 36.0 Å². The van der Waals surface area contributed by atoms with Crippen molar-refractivity contribution >= 4 is 18.0 Å². The summed E-state index contributed by atoms with van der Waals surface area (Å²) in [5.74, 6) is -1.12. The molecule has 7 heteroatoms. The fourth-order valence-electron chi connectivity index (χ4n) is 5.15. The van der Waals surface area contributed by atoms with Crippen molar-refractivity contribution in [2.45, 2.75) is 50.4 Å². The molecule has 0 unspecified atom stereocenters. The van der Waals surface area contributed by atoms with E-state index in [2.05, 4.69) is 5.32 Å². The third-order valence-electron chi connectivity index (χ3n) is 6.96. The molecule has 1 aliphatic rings. The van der Waals surface area contributed by atoms with Gasteiger partial charge < -0.3 is 19.7 Å². The van der Waals surface area contributed by atoms with E-state index < -0.39 is 24.1 Å². The van der Waals surface area contributed by atoms with Crippen LogP contribution in [0.5, 0.6) is 0 Å². The summed E-state index contributed by atoms with van der Waals surface area (Å²) < 4.78 is 10.6. The van der Waals surface area contributed by atoms with Crippen LogP contribution in [0.2, 0.25) is 0 Å². The Morgan fingerprint density at radius 2 is 1.51 bits per heavy atom. The lowest BCUT2D eigenvalue weighted by molar-refractivity contribution is -0.153. The van der Waals surface area contributed by atoms with Crippen LogP contribution in [0, 0.1) is 0 Å². The van der Waals surface area contributed by atoms with Crippen LogP contribution >= 0.6 is 0 Å². The van der Waals surface area contributed by atoms with E-state index in [1.54, 1.807) is 4.90 Å². The minimum atomic E-state index is -0.954. The molecule has 1 N–H and O–H groups in total. The summed E-state index contributed by atoms with van der Waals surface area (Å²) >= 11 is 0. The van der Waals surface area contributed by atoms with Crippen molar-refractivity contribution in [3.63, 3.8) is 0 Å². The highest BCUT2D eigenvalue weighted by molar-refractivity contribution is 5.91. The molecule has 0 aromatic heterocycles. The topological polar surface area (TPSA) is 84.9 Å². The first-order valence-electron chi connectivity index (χ1n) is 13.1. The quantitative estimate of drug-likeness (QED) is 0.312. The van der Waals surface area contributed by atoms with Gasteiger partial charge in [0.05, 0.1) is 13.2 Å². The van der Waals surface area contributed by atoms with E-state index in [1.165, 1.54) is 7.11 Å². The van der Waals surface area contributed by atoms with E-state index in [4.69, 9.17) is 9.47 Å². The maximum atomic E-state index is 14.3. The second kappa shape index (κ2) is 13.4. The fourth-order valence-corrected chi connectivity index (χ4v) is 5.15. The number of rotatable bonds is 9. The molecular weight excluding hydrogens is 492 g/mol. The highest BCUT2D eigenvalue weighted by Crippen LogP contribution is 2.39. The molecule has 1 saturated heterocycles. The molecular formula is C32H34N2O5. The predicted molar refractivity (Wildman–Crippen MR) is 149 cm³/mol. The SMILES string of the molecule is C/C=C/[C@@H]1C[C@H](c2ccccc2)[C@@H](C(=O)OC)N1C(=O)[C@H](Cc1ccccc1)NC(=O)OCc1ccccc1. The van der Waals surface area contributed by atoms with E-state index in [0.29, 0.717) is 6.42 Å². The van der Waals surface area contributed by atoms with E-state index in [9.17, 15) is 14.4 Å². The molecule has 0 saturated carbocycles. The number of benzene rings is 3. The van der Waals surface area contributed by atoms with Gasteiger partial charge in [0.25, 0.3) is 0 Å². The van der Waals surface area contributed by atoms with Crippen LogP contribution < -0.4 is 5.32 Å². The van der Waals surface area contributed by atoms with Gasteiger partial charge in [0.2, 0.25) is 5.91 Å². The van der Waals surface area contributed by atoms with Gasteiger partial charge in [-0.05, 0) is 30.0 Å². The van der Waals surface area contributed by atoms with Crippen molar-refractivity contribution in [2.24, 2.45) is 0 Å². The Bertz CT molecular complexity index is 1260. The van der Waals surface area contributed by atoms with Crippen LogP contribution in [0.15, 0.2) is 103 Å². The molecule has 1 fully saturated rings. The smallest absolute Gasteiger partial charge is 0.408 e. The highest BCUT2D eigenvalue weighted by Gasteiger charge is 2.49. The Kier molecular flexibility index (Phi) is 9.51. The number of carbonyl (C=O) groups is 3. The maximum Gasteiger partial charge on any atom is 0.408 e. The van der Waals surface area contributed by atoms with Gasteiger partial charge >= 0.3 is 12.1 Å². The molecule has 4 atom stereocenters. The predicted octanol–water partition coefficient (Wildman–Crippen LogP) is 5.03. The zero-order valence-electron chi connectivity index (χ0n) is 22.2. The van der Waals surface area contributed by atoms with Crippen LogP contribution in [0.25, 0.3) is 0 Å². The Hall–Kier alpha value is -4.39. The van der Waals surface area contributed by atoms with Gasteiger partial charge in [0, 0.05) is 12.3 Å².